The molecule has 0 unspecified atom stereocenters. The van der Waals surface area contributed by atoms with Gasteiger partial charge in [-0.05, 0) is 61.4 Å². The maximum Gasteiger partial charge on any atom is 0.255 e. The van der Waals surface area contributed by atoms with E-state index in [-0.39, 0.29) is 29.3 Å². The lowest BCUT2D eigenvalue weighted by Crippen LogP contribution is -2.33. The maximum absolute atomic E-state index is 14.3. The summed E-state index contributed by atoms with van der Waals surface area (Å²) in [6.07, 6.45) is 0.0825. The van der Waals surface area contributed by atoms with Gasteiger partial charge in [-0.15, -0.1) is 0 Å². The lowest BCUT2D eigenvalue weighted by Gasteiger charge is -2.19. The molecule has 9 heteroatoms. The molecule has 3 aromatic carbocycles. The number of sulfonamides is 1. The molecule has 0 saturated heterocycles. The van der Waals surface area contributed by atoms with E-state index in [1.165, 1.54) is 29.6 Å². The first kappa shape index (κ1) is 23.4. The van der Waals surface area contributed by atoms with Crippen molar-refractivity contribution in [1.29, 1.82) is 0 Å². The Bertz CT molecular complexity index is 1390. The summed E-state index contributed by atoms with van der Waals surface area (Å²) < 4.78 is 39.7. The van der Waals surface area contributed by atoms with Crippen LogP contribution in [0.1, 0.15) is 35.3 Å². The van der Waals surface area contributed by atoms with Crippen LogP contribution in [0.15, 0.2) is 66.7 Å². The van der Waals surface area contributed by atoms with Crippen molar-refractivity contribution in [2.45, 2.75) is 25.0 Å². The van der Waals surface area contributed by atoms with Gasteiger partial charge in [-0.1, -0.05) is 30.3 Å². The van der Waals surface area contributed by atoms with Gasteiger partial charge in [0.1, 0.15) is 10.6 Å². The highest BCUT2D eigenvalue weighted by Gasteiger charge is 2.48. The molecule has 0 aromatic heterocycles. The van der Waals surface area contributed by atoms with Gasteiger partial charge in [0.25, 0.3) is 5.91 Å². The predicted octanol–water partition coefficient (Wildman–Crippen LogP) is 4.27. The Morgan fingerprint density at radius 3 is 2.38 bits per heavy atom. The largest absolute Gasteiger partial charge is 0.323 e. The SMILES string of the molecule is CN1c2ccc(C(=O)Nc3ccc(F)c(NC(=O)Cc4ccccc4)c3)cc2C(C)(C)S1(=O)=O. The van der Waals surface area contributed by atoms with Crippen LogP contribution >= 0.6 is 0 Å². The lowest BCUT2D eigenvalue weighted by molar-refractivity contribution is -0.115. The molecule has 176 valence electrons. The summed E-state index contributed by atoms with van der Waals surface area (Å²) >= 11 is 0. The summed E-state index contributed by atoms with van der Waals surface area (Å²) in [5.74, 6) is -1.51. The van der Waals surface area contributed by atoms with Gasteiger partial charge in [-0.2, -0.15) is 0 Å². The van der Waals surface area contributed by atoms with Crippen LogP contribution in [0.2, 0.25) is 0 Å². The quantitative estimate of drug-likeness (QED) is 0.569. The van der Waals surface area contributed by atoms with Crippen molar-refractivity contribution in [3.05, 3.63) is 89.2 Å². The zero-order valence-electron chi connectivity index (χ0n) is 18.9. The standard InChI is InChI=1S/C25H24FN3O4S/c1-25(2)19-14-17(9-12-22(19)29(3)34(25,32)33)24(31)27-18-10-11-20(26)21(15-18)28-23(30)13-16-7-5-4-6-8-16/h4-12,14-15H,13H2,1-3H3,(H,27,31)(H,28,30). The number of benzene rings is 3. The molecule has 2 N–H and O–H groups in total. The van der Waals surface area contributed by atoms with Crippen molar-refractivity contribution in [3.63, 3.8) is 0 Å². The molecule has 3 aromatic rings. The monoisotopic (exact) mass is 481 g/mol. The van der Waals surface area contributed by atoms with Crippen LogP contribution in [0.5, 0.6) is 0 Å². The minimum absolute atomic E-state index is 0.0541. The molecule has 1 aliphatic heterocycles. The van der Waals surface area contributed by atoms with Crippen LogP contribution in [-0.4, -0.2) is 27.3 Å². The van der Waals surface area contributed by atoms with Crippen molar-refractivity contribution in [1.82, 2.24) is 0 Å². The zero-order chi connectivity index (χ0) is 24.7. The van der Waals surface area contributed by atoms with Gasteiger partial charge in [-0.3, -0.25) is 13.9 Å². The number of amides is 2. The molecular formula is C25H24FN3O4S. The zero-order valence-corrected chi connectivity index (χ0v) is 19.7. The van der Waals surface area contributed by atoms with E-state index in [2.05, 4.69) is 10.6 Å². The molecule has 34 heavy (non-hydrogen) atoms. The fourth-order valence-electron chi connectivity index (χ4n) is 3.92. The third-order valence-corrected chi connectivity index (χ3v) is 8.39. The smallest absolute Gasteiger partial charge is 0.255 e. The Morgan fingerprint density at radius 2 is 1.68 bits per heavy atom. The van der Waals surface area contributed by atoms with Gasteiger partial charge >= 0.3 is 0 Å². The number of carbonyl (C=O) groups excluding carboxylic acids is 2. The Morgan fingerprint density at radius 1 is 0.971 bits per heavy atom. The third kappa shape index (κ3) is 4.14. The number of nitrogens with one attached hydrogen (secondary N) is 2. The average Bonchev–Trinajstić information content (AvgIpc) is 2.93. The van der Waals surface area contributed by atoms with Crippen LogP contribution in [-0.2, 0) is 26.0 Å². The predicted molar refractivity (Wildman–Crippen MR) is 130 cm³/mol. The number of halogens is 1. The molecule has 4 rings (SSSR count). The van der Waals surface area contributed by atoms with Gasteiger partial charge in [0, 0.05) is 18.3 Å². The second-order valence-corrected chi connectivity index (χ2v) is 11.1. The van der Waals surface area contributed by atoms with Gasteiger partial charge < -0.3 is 10.6 Å². The third-order valence-electron chi connectivity index (χ3n) is 5.96. The fraction of sp³-hybridized carbons (Fsp3) is 0.200. The highest BCUT2D eigenvalue weighted by atomic mass is 32.2. The Kier molecular flexibility index (Phi) is 5.91. The number of anilines is 3. The van der Waals surface area contributed by atoms with Gasteiger partial charge in [-0.25, -0.2) is 12.8 Å². The van der Waals surface area contributed by atoms with E-state index >= 15 is 0 Å². The van der Waals surface area contributed by atoms with Crippen molar-refractivity contribution in [2.24, 2.45) is 0 Å². The summed E-state index contributed by atoms with van der Waals surface area (Å²) in [5, 5.41) is 5.21. The van der Waals surface area contributed by atoms with Crippen LogP contribution in [0, 0.1) is 5.82 Å². The first-order chi connectivity index (χ1) is 16.0. The summed E-state index contributed by atoms with van der Waals surface area (Å²) in [6.45, 7) is 3.19. The summed E-state index contributed by atoms with van der Waals surface area (Å²) in [5.41, 5.74) is 2.32. The molecule has 0 atom stereocenters. The Labute approximate surface area is 197 Å². The molecule has 0 radical (unpaired) electrons. The average molecular weight is 482 g/mol. The van der Waals surface area contributed by atoms with E-state index in [0.717, 1.165) is 11.6 Å². The van der Waals surface area contributed by atoms with E-state index in [4.69, 9.17) is 0 Å². The number of rotatable bonds is 5. The topological polar surface area (TPSA) is 95.6 Å². The second-order valence-electron chi connectivity index (χ2n) is 8.57. The maximum atomic E-state index is 14.3. The second kappa shape index (κ2) is 8.57. The number of hydrogen-bond donors (Lipinski definition) is 2. The van der Waals surface area contributed by atoms with Crippen LogP contribution in [0.4, 0.5) is 21.5 Å². The van der Waals surface area contributed by atoms with Crippen molar-refractivity contribution >= 4 is 38.9 Å². The van der Waals surface area contributed by atoms with Crippen LogP contribution < -0.4 is 14.9 Å². The van der Waals surface area contributed by atoms with Crippen molar-refractivity contribution in [2.75, 3.05) is 22.0 Å². The fourth-order valence-corrected chi connectivity index (χ4v) is 5.47. The minimum Gasteiger partial charge on any atom is -0.323 e. The van der Waals surface area contributed by atoms with E-state index in [9.17, 15) is 22.4 Å². The van der Waals surface area contributed by atoms with Crippen molar-refractivity contribution in [3.8, 4) is 0 Å². The van der Waals surface area contributed by atoms with Gasteiger partial charge in [0.05, 0.1) is 17.8 Å². The molecule has 0 saturated carbocycles. The molecule has 0 spiro atoms. The molecular weight excluding hydrogens is 457 g/mol. The van der Waals surface area contributed by atoms with Gasteiger partial charge in [0.2, 0.25) is 15.9 Å². The molecule has 0 bridgehead atoms. The van der Waals surface area contributed by atoms with Crippen LogP contribution in [0.3, 0.4) is 0 Å². The highest BCUT2D eigenvalue weighted by Crippen LogP contribution is 2.46. The highest BCUT2D eigenvalue weighted by molar-refractivity contribution is 7.94. The van der Waals surface area contributed by atoms with Gasteiger partial charge in [0.15, 0.2) is 0 Å². The molecule has 1 heterocycles. The Hall–Kier alpha value is -3.72. The number of hydrogen-bond acceptors (Lipinski definition) is 4. The van der Waals surface area contributed by atoms with E-state index in [0.29, 0.717) is 11.3 Å². The first-order valence-electron chi connectivity index (χ1n) is 10.6. The molecule has 7 nitrogen and oxygen atoms in total. The summed E-state index contributed by atoms with van der Waals surface area (Å²) in [4.78, 5) is 25.2. The van der Waals surface area contributed by atoms with Crippen LogP contribution in [0.25, 0.3) is 0 Å². The molecule has 2 amide bonds. The molecule has 0 aliphatic carbocycles. The normalized spacial score (nSPS) is 15.5. The van der Waals surface area contributed by atoms with Crippen molar-refractivity contribution < 1.29 is 22.4 Å². The molecule has 1 aliphatic rings. The number of carbonyl (C=O) groups is 2. The number of fused-ring (bicyclic) bond motifs is 1. The lowest BCUT2D eigenvalue weighted by atomic mass is 9.97. The van der Waals surface area contributed by atoms with E-state index in [1.54, 1.807) is 38.1 Å². The van der Waals surface area contributed by atoms with E-state index in [1.807, 2.05) is 18.2 Å². The summed E-state index contributed by atoms with van der Waals surface area (Å²) in [7, 11) is -2.11. The van der Waals surface area contributed by atoms with E-state index < -0.39 is 26.5 Å². The summed E-state index contributed by atoms with van der Waals surface area (Å²) in [6, 6.07) is 17.6. The first-order valence-corrected chi connectivity index (χ1v) is 12.0. The minimum atomic E-state index is -3.59. The number of nitrogens with zero attached hydrogens (tertiary/aromatic N) is 1. The molecule has 0 fully saturated rings. The Balaban J connectivity index is 1.52.